The second kappa shape index (κ2) is 7.14. The van der Waals surface area contributed by atoms with Crippen molar-refractivity contribution in [3.05, 3.63) is 23.8 Å². The molecule has 0 bridgehead atoms. The highest BCUT2D eigenvalue weighted by Crippen LogP contribution is 2.48. The van der Waals surface area contributed by atoms with Crippen LogP contribution in [0.4, 0.5) is 0 Å². The summed E-state index contributed by atoms with van der Waals surface area (Å²) in [7, 11) is 5.17. The van der Waals surface area contributed by atoms with Crippen molar-refractivity contribution in [1.82, 2.24) is 5.32 Å². The van der Waals surface area contributed by atoms with Crippen molar-refractivity contribution in [3.8, 4) is 11.5 Å². The highest BCUT2D eigenvalue weighted by atomic mass is 16.5. The highest BCUT2D eigenvalue weighted by Gasteiger charge is 2.41. The van der Waals surface area contributed by atoms with Gasteiger partial charge in [0.05, 0.1) is 14.2 Å². The van der Waals surface area contributed by atoms with Crippen molar-refractivity contribution < 1.29 is 14.2 Å². The molecule has 1 aromatic rings. The number of benzene rings is 1. The van der Waals surface area contributed by atoms with E-state index in [0.29, 0.717) is 5.41 Å². The summed E-state index contributed by atoms with van der Waals surface area (Å²) in [5, 5.41) is 3.65. The molecule has 0 saturated heterocycles. The third-order valence-corrected chi connectivity index (χ3v) is 4.48. The van der Waals surface area contributed by atoms with Gasteiger partial charge in [-0.05, 0) is 49.8 Å². The SMILES string of the molecule is COCCC1(CNC(C)c2cc(OC)ccc2OC)CC1. The van der Waals surface area contributed by atoms with Crippen LogP contribution in [-0.2, 0) is 4.74 Å². The molecule has 0 radical (unpaired) electrons. The minimum Gasteiger partial charge on any atom is -0.497 e. The summed E-state index contributed by atoms with van der Waals surface area (Å²) in [4.78, 5) is 0. The molecule has 4 heteroatoms. The third kappa shape index (κ3) is 4.11. The van der Waals surface area contributed by atoms with E-state index in [1.54, 1.807) is 21.3 Å². The van der Waals surface area contributed by atoms with Gasteiger partial charge in [0.25, 0.3) is 0 Å². The lowest BCUT2D eigenvalue weighted by molar-refractivity contribution is 0.170. The second-order valence-corrected chi connectivity index (χ2v) is 5.95. The molecule has 0 aliphatic heterocycles. The average Bonchev–Trinajstić information content (AvgIpc) is 3.30. The summed E-state index contributed by atoms with van der Waals surface area (Å²) in [6, 6.07) is 6.17. The number of hydrogen-bond acceptors (Lipinski definition) is 4. The van der Waals surface area contributed by atoms with Gasteiger partial charge in [-0.2, -0.15) is 0 Å². The first kappa shape index (κ1) is 16.1. The van der Waals surface area contributed by atoms with Crippen LogP contribution in [0.25, 0.3) is 0 Å². The van der Waals surface area contributed by atoms with Crippen molar-refractivity contribution in [2.45, 2.75) is 32.2 Å². The molecule has 1 atom stereocenters. The highest BCUT2D eigenvalue weighted by molar-refractivity contribution is 5.42. The van der Waals surface area contributed by atoms with Crippen LogP contribution < -0.4 is 14.8 Å². The Hall–Kier alpha value is -1.26. The molecule has 0 aromatic heterocycles. The lowest BCUT2D eigenvalue weighted by Gasteiger charge is -2.22. The summed E-state index contributed by atoms with van der Waals surface area (Å²) in [6.45, 7) is 4.04. The Labute approximate surface area is 127 Å². The summed E-state index contributed by atoms with van der Waals surface area (Å²) in [5.74, 6) is 1.76. The molecule has 21 heavy (non-hydrogen) atoms. The Balaban J connectivity index is 1.98. The first-order valence-electron chi connectivity index (χ1n) is 7.58. The molecule has 118 valence electrons. The van der Waals surface area contributed by atoms with Crippen molar-refractivity contribution >= 4 is 0 Å². The van der Waals surface area contributed by atoms with Crippen molar-refractivity contribution in [2.24, 2.45) is 5.41 Å². The molecule has 1 N–H and O–H groups in total. The van der Waals surface area contributed by atoms with Crippen LogP contribution in [0.15, 0.2) is 18.2 Å². The minimum absolute atomic E-state index is 0.232. The molecule has 4 nitrogen and oxygen atoms in total. The van der Waals surface area contributed by atoms with Crippen molar-refractivity contribution in [3.63, 3.8) is 0 Å². The molecule has 0 spiro atoms. The van der Waals surface area contributed by atoms with Gasteiger partial charge in [-0.1, -0.05) is 0 Å². The molecule has 1 aromatic carbocycles. The van der Waals surface area contributed by atoms with E-state index in [9.17, 15) is 0 Å². The molecular weight excluding hydrogens is 266 g/mol. The Morgan fingerprint density at radius 2 is 1.95 bits per heavy atom. The number of ether oxygens (including phenoxy) is 3. The number of hydrogen-bond donors (Lipinski definition) is 1. The molecule has 0 amide bonds. The van der Waals surface area contributed by atoms with E-state index in [-0.39, 0.29) is 6.04 Å². The quantitative estimate of drug-likeness (QED) is 0.759. The van der Waals surface area contributed by atoms with Crippen LogP contribution in [-0.4, -0.2) is 34.5 Å². The molecule has 1 aliphatic rings. The van der Waals surface area contributed by atoms with Gasteiger partial charge in [-0.15, -0.1) is 0 Å². The first-order valence-corrected chi connectivity index (χ1v) is 7.58. The van der Waals surface area contributed by atoms with Crippen LogP contribution in [0.1, 0.15) is 37.8 Å². The lowest BCUT2D eigenvalue weighted by Crippen LogP contribution is -2.27. The van der Waals surface area contributed by atoms with Gasteiger partial charge in [0.2, 0.25) is 0 Å². The maximum atomic E-state index is 5.46. The van der Waals surface area contributed by atoms with E-state index in [4.69, 9.17) is 14.2 Å². The maximum Gasteiger partial charge on any atom is 0.123 e. The molecule has 1 aliphatic carbocycles. The standard InChI is InChI=1S/C17H27NO3/c1-13(18-12-17(7-8-17)9-10-19-2)15-11-14(20-3)5-6-16(15)21-4/h5-6,11,13,18H,7-10,12H2,1-4H3. The molecular formula is C17H27NO3. The number of nitrogens with one attached hydrogen (secondary N) is 1. The predicted octanol–water partition coefficient (Wildman–Crippen LogP) is 3.17. The fourth-order valence-electron chi connectivity index (χ4n) is 2.67. The Bertz CT molecular complexity index is 457. The molecule has 1 unspecified atom stereocenters. The van der Waals surface area contributed by atoms with Gasteiger partial charge in [0, 0.05) is 31.9 Å². The predicted molar refractivity (Wildman–Crippen MR) is 84.1 cm³/mol. The van der Waals surface area contributed by atoms with Crippen LogP contribution >= 0.6 is 0 Å². The van der Waals surface area contributed by atoms with Crippen molar-refractivity contribution in [1.29, 1.82) is 0 Å². The van der Waals surface area contributed by atoms with Crippen LogP contribution in [0, 0.1) is 5.41 Å². The number of rotatable bonds is 9. The lowest BCUT2D eigenvalue weighted by atomic mass is 10.0. The van der Waals surface area contributed by atoms with E-state index in [1.165, 1.54) is 12.8 Å². The van der Waals surface area contributed by atoms with Gasteiger partial charge in [-0.3, -0.25) is 0 Å². The van der Waals surface area contributed by atoms with Crippen LogP contribution in [0.3, 0.4) is 0 Å². The van der Waals surface area contributed by atoms with Crippen LogP contribution in [0.5, 0.6) is 11.5 Å². The van der Waals surface area contributed by atoms with Gasteiger partial charge >= 0.3 is 0 Å². The monoisotopic (exact) mass is 293 g/mol. The summed E-state index contributed by atoms with van der Waals surface area (Å²) < 4.78 is 16.0. The van der Waals surface area contributed by atoms with Gasteiger partial charge in [0.1, 0.15) is 11.5 Å². The smallest absolute Gasteiger partial charge is 0.123 e. The largest absolute Gasteiger partial charge is 0.497 e. The van der Waals surface area contributed by atoms with E-state index < -0.39 is 0 Å². The third-order valence-electron chi connectivity index (χ3n) is 4.48. The number of methoxy groups -OCH3 is 3. The van der Waals surface area contributed by atoms with Crippen molar-refractivity contribution in [2.75, 3.05) is 34.5 Å². The fraction of sp³-hybridized carbons (Fsp3) is 0.647. The Morgan fingerprint density at radius 1 is 1.19 bits per heavy atom. The topological polar surface area (TPSA) is 39.7 Å². The Morgan fingerprint density at radius 3 is 2.52 bits per heavy atom. The van der Waals surface area contributed by atoms with E-state index in [0.717, 1.165) is 36.6 Å². The molecule has 0 heterocycles. The molecule has 1 fully saturated rings. The van der Waals surface area contributed by atoms with Crippen LogP contribution in [0.2, 0.25) is 0 Å². The summed E-state index contributed by atoms with van der Waals surface area (Å²) in [5.41, 5.74) is 1.58. The zero-order chi connectivity index (χ0) is 15.3. The second-order valence-electron chi connectivity index (χ2n) is 5.95. The minimum atomic E-state index is 0.232. The van der Waals surface area contributed by atoms with Gasteiger partial charge < -0.3 is 19.5 Å². The zero-order valence-electron chi connectivity index (χ0n) is 13.6. The average molecular weight is 293 g/mol. The summed E-state index contributed by atoms with van der Waals surface area (Å²) >= 11 is 0. The van der Waals surface area contributed by atoms with E-state index in [2.05, 4.69) is 12.2 Å². The van der Waals surface area contributed by atoms with E-state index in [1.807, 2.05) is 18.2 Å². The molecule has 2 rings (SSSR count). The molecule has 1 saturated carbocycles. The zero-order valence-corrected chi connectivity index (χ0v) is 13.6. The first-order chi connectivity index (χ1) is 10.1. The Kier molecular flexibility index (Phi) is 5.48. The fourth-order valence-corrected chi connectivity index (χ4v) is 2.67. The maximum absolute atomic E-state index is 5.46. The summed E-state index contributed by atoms with van der Waals surface area (Å²) in [6.07, 6.45) is 3.73. The normalized spacial score (nSPS) is 17.3. The van der Waals surface area contributed by atoms with Gasteiger partial charge in [-0.25, -0.2) is 0 Å². The van der Waals surface area contributed by atoms with E-state index >= 15 is 0 Å². The van der Waals surface area contributed by atoms with Gasteiger partial charge in [0.15, 0.2) is 0 Å².